The van der Waals surface area contributed by atoms with Gasteiger partial charge < -0.3 is 15.8 Å². The molecule has 94 valence electrons. The summed E-state index contributed by atoms with van der Waals surface area (Å²) in [6, 6.07) is 6.09. The molecule has 1 heterocycles. The van der Waals surface area contributed by atoms with Crippen LogP contribution in [0.3, 0.4) is 0 Å². The molecule has 1 atom stereocenters. The van der Waals surface area contributed by atoms with Crippen molar-refractivity contribution >= 4 is 11.6 Å². The second kappa shape index (κ2) is 4.80. The van der Waals surface area contributed by atoms with Gasteiger partial charge in [0.15, 0.2) is 0 Å². The molecule has 0 amide bonds. The summed E-state index contributed by atoms with van der Waals surface area (Å²) < 4.78 is 0. The first-order valence-corrected chi connectivity index (χ1v) is 5.71. The number of hydrogen-bond acceptors (Lipinski definition) is 4. The number of nitrogens with two attached hydrogens (primary N) is 1. The zero-order valence-corrected chi connectivity index (χ0v) is 10.4. The third-order valence-corrected chi connectivity index (χ3v) is 2.73. The number of aromatic hydroxyl groups is 1. The number of H-pyrrole nitrogens is 1. The average molecular weight is 266 g/mol. The largest absolute Gasteiger partial charge is 0.493 e. The predicted octanol–water partition coefficient (Wildman–Crippen LogP) is 1.82. The molecule has 1 aromatic heterocycles. The number of hydrogen-bond donors (Lipinski definition) is 3. The van der Waals surface area contributed by atoms with Crippen molar-refractivity contribution in [2.75, 3.05) is 0 Å². The summed E-state index contributed by atoms with van der Waals surface area (Å²) in [7, 11) is 0. The summed E-state index contributed by atoms with van der Waals surface area (Å²) in [6.07, 6.45) is 0. The molecule has 1 aromatic carbocycles. The number of rotatable bonds is 2. The van der Waals surface area contributed by atoms with E-state index in [1.807, 2.05) is 0 Å². The van der Waals surface area contributed by atoms with Crippen LogP contribution in [0.2, 0.25) is 5.02 Å². The van der Waals surface area contributed by atoms with Crippen LogP contribution in [0.4, 0.5) is 0 Å². The van der Waals surface area contributed by atoms with Gasteiger partial charge in [-0.1, -0.05) is 23.7 Å². The van der Waals surface area contributed by atoms with Gasteiger partial charge in [-0.05, 0) is 24.6 Å². The summed E-state index contributed by atoms with van der Waals surface area (Å²) >= 11 is 5.76. The zero-order valence-electron chi connectivity index (χ0n) is 9.64. The Kier molecular flexibility index (Phi) is 3.36. The zero-order chi connectivity index (χ0) is 13.3. The molecule has 2 aromatic rings. The van der Waals surface area contributed by atoms with Gasteiger partial charge in [0.1, 0.15) is 11.4 Å². The molecule has 6 heteroatoms. The molecular formula is C12H12ClN3O2. The molecule has 0 fully saturated rings. The highest BCUT2D eigenvalue weighted by Gasteiger charge is 2.14. The molecule has 5 nitrogen and oxygen atoms in total. The molecule has 0 bridgehead atoms. The first-order valence-electron chi connectivity index (χ1n) is 5.33. The minimum Gasteiger partial charge on any atom is -0.493 e. The van der Waals surface area contributed by atoms with Crippen LogP contribution in [-0.4, -0.2) is 15.1 Å². The van der Waals surface area contributed by atoms with E-state index < -0.39 is 11.6 Å². The van der Waals surface area contributed by atoms with Crippen LogP contribution in [0.5, 0.6) is 5.88 Å². The Morgan fingerprint density at radius 1 is 1.39 bits per heavy atom. The Bertz CT molecular complexity index is 620. The Labute approximate surface area is 108 Å². The Morgan fingerprint density at radius 2 is 2.00 bits per heavy atom. The maximum absolute atomic E-state index is 11.9. The Morgan fingerprint density at radius 3 is 2.50 bits per heavy atom. The van der Waals surface area contributed by atoms with Gasteiger partial charge in [0.05, 0.1) is 6.04 Å². The molecule has 0 aliphatic carbocycles. The highest BCUT2D eigenvalue weighted by atomic mass is 35.5. The van der Waals surface area contributed by atoms with Crippen LogP contribution >= 0.6 is 11.6 Å². The van der Waals surface area contributed by atoms with E-state index in [-0.39, 0.29) is 17.3 Å². The molecule has 0 spiro atoms. The first kappa shape index (κ1) is 12.6. The molecular weight excluding hydrogens is 254 g/mol. The van der Waals surface area contributed by atoms with Crippen LogP contribution in [0, 0.1) is 0 Å². The smallest absolute Gasteiger partial charge is 0.262 e. The van der Waals surface area contributed by atoms with Crippen molar-refractivity contribution in [1.29, 1.82) is 0 Å². The molecule has 0 saturated heterocycles. The monoisotopic (exact) mass is 265 g/mol. The van der Waals surface area contributed by atoms with Crippen LogP contribution in [0.25, 0.3) is 11.1 Å². The molecule has 1 unspecified atom stereocenters. The van der Waals surface area contributed by atoms with E-state index in [4.69, 9.17) is 17.3 Å². The lowest BCUT2D eigenvalue weighted by Crippen LogP contribution is -2.18. The minimum atomic E-state index is -0.456. The lowest BCUT2D eigenvalue weighted by Gasteiger charge is -2.08. The summed E-state index contributed by atoms with van der Waals surface area (Å²) in [6.45, 7) is 1.67. The summed E-state index contributed by atoms with van der Waals surface area (Å²) in [5, 5.41) is 10.4. The SMILES string of the molecule is CC(N)c1nc(O)c(-c2ccc(Cl)cc2)c(=O)[nH]1. The van der Waals surface area contributed by atoms with Gasteiger partial charge in [-0.3, -0.25) is 4.79 Å². The van der Waals surface area contributed by atoms with Crippen LogP contribution in [0.15, 0.2) is 29.1 Å². The second-order valence-corrected chi connectivity index (χ2v) is 4.38. The van der Waals surface area contributed by atoms with E-state index >= 15 is 0 Å². The summed E-state index contributed by atoms with van der Waals surface area (Å²) in [5.74, 6) is -0.0939. The summed E-state index contributed by atoms with van der Waals surface area (Å²) in [4.78, 5) is 18.3. The van der Waals surface area contributed by atoms with E-state index in [0.717, 1.165) is 0 Å². The fourth-order valence-electron chi connectivity index (χ4n) is 1.57. The average Bonchev–Trinajstić information content (AvgIpc) is 2.30. The van der Waals surface area contributed by atoms with E-state index in [2.05, 4.69) is 9.97 Å². The molecule has 2 rings (SSSR count). The number of halogens is 1. The Hall–Kier alpha value is -1.85. The molecule has 18 heavy (non-hydrogen) atoms. The second-order valence-electron chi connectivity index (χ2n) is 3.95. The third kappa shape index (κ3) is 2.37. The maximum atomic E-state index is 11.9. The van der Waals surface area contributed by atoms with E-state index in [1.165, 1.54) is 0 Å². The first-order chi connectivity index (χ1) is 8.49. The van der Waals surface area contributed by atoms with Gasteiger partial charge in [0.2, 0.25) is 5.88 Å². The van der Waals surface area contributed by atoms with Crippen LogP contribution in [0.1, 0.15) is 18.8 Å². The van der Waals surface area contributed by atoms with E-state index in [9.17, 15) is 9.90 Å². The van der Waals surface area contributed by atoms with Gasteiger partial charge >= 0.3 is 0 Å². The van der Waals surface area contributed by atoms with Crippen molar-refractivity contribution in [2.24, 2.45) is 5.73 Å². The predicted molar refractivity (Wildman–Crippen MR) is 69.6 cm³/mol. The number of nitrogens with zero attached hydrogens (tertiary/aromatic N) is 1. The van der Waals surface area contributed by atoms with Crippen molar-refractivity contribution in [1.82, 2.24) is 9.97 Å². The lowest BCUT2D eigenvalue weighted by molar-refractivity contribution is 0.447. The van der Waals surface area contributed by atoms with Crippen molar-refractivity contribution in [3.63, 3.8) is 0 Å². The van der Waals surface area contributed by atoms with Gasteiger partial charge in [-0.25, -0.2) is 0 Å². The number of aromatic amines is 1. The number of benzene rings is 1. The van der Waals surface area contributed by atoms with Crippen LogP contribution < -0.4 is 11.3 Å². The van der Waals surface area contributed by atoms with E-state index in [0.29, 0.717) is 10.6 Å². The number of nitrogens with one attached hydrogen (secondary N) is 1. The number of aromatic nitrogens is 2. The molecule has 0 aliphatic heterocycles. The highest BCUT2D eigenvalue weighted by Crippen LogP contribution is 2.25. The third-order valence-electron chi connectivity index (χ3n) is 2.48. The van der Waals surface area contributed by atoms with Crippen molar-refractivity contribution in [3.05, 3.63) is 45.5 Å². The van der Waals surface area contributed by atoms with Gasteiger partial charge in [-0.2, -0.15) is 4.98 Å². The minimum absolute atomic E-state index is 0.107. The Balaban J connectivity index is 2.59. The normalized spacial score (nSPS) is 12.4. The van der Waals surface area contributed by atoms with Gasteiger partial charge in [0, 0.05) is 5.02 Å². The van der Waals surface area contributed by atoms with Crippen molar-refractivity contribution < 1.29 is 5.11 Å². The van der Waals surface area contributed by atoms with Crippen molar-refractivity contribution in [2.45, 2.75) is 13.0 Å². The quantitative estimate of drug-likeness (QED) is 0.772. The van der Waals surface area contributed by atoms with E-state index in [1.54, 1.807) is 31.2 Å². The van der Waals surface area contributed by atoms with Gasteiger partial charge in [-0.15, -0.1) is 0 Å². The fourth-order valence-corrected chi connectivity index (χ4v) is 1.70. The lowest BCUT2D eigenvalue weighted by atomic mass is 10.1. The molecule has 0 saturated carbocycles. The fraction of sp³-hybridized carbons (Fsp3) is 0.167. The standard InChI is InChI=1S/C12H12ClN3O2/c1-6(14)10-15-11(17)9(12(18)16-10)7-2-4-8(13)5-3-7/h2-6H,14H2,1H3,(H2,15,16,17,18). The molecule has 0 radical (unpaired) electrons. The topological polar surface area (TPSA) is 92.0 Å². The summed E-state index contributed by atoms with van der Waals surface area (Å²) in [5.41, 5.74) is 5.82. The van der Waals surface area contributed by atoms with Crippen LogP contribution in [-0.2, 0) is 0 Å². The van der Waals surface area contributed by atoms with Gasteiger partial charge in [0.25, 0.3) is 5.56 Å². The van der Waals surface area contributed by atoms with Crippen molar-refractivity contribution in [3.8, 4) is 17.0 Å². The molecule has 4 N–H and O–H groups in total. The highest BCUT2D eigenvalue weighted by molar-refractivity contribution is 6.30. The maximum Gasteiger partial charge on any atom is 0.262 e. The molecule has 0 aliphatic rings.